The predicted octanol–water partition coefficient (Wildman–Crippen LogP) is 1.87. The average Bonchev–Trinajstić information content (AvgIpc) is 2.41. The van der Waals surface area contributed by atoms with Gasteiger partial charge in [0.05, 0.1) is 0 Å². The van der Waals surface area contributed by atoms with E-state index < -0.39 is 0 Å². The van der Waals surface area contributed by atoms with Gasteiger partial charge in [0, 0.05) is 30.4 Å². The van der Waals surface area contributed by atoms with E-state index in [9.17, 15) is 4.79 Å². The van der Waals surface area contributed by atoms with Crippen LogP contribution in [-0.2, 0) is 0 Å². The number of hydrogen-bond donors (Lipinski definition) is 2. The Hall–Kier alpha value is -1.55. The largest absolute Gasteiger partial charge is 0.399 e. The van der Waals surface area contributed by atoms with Crippen molar-refractivity contribution in [1.29, 1.82) is 0 Å². The molecule has 1 aromatic carbocycles. The van der Waals surface area contributed by atoms with E-state index in [2.05, 4.69) is 17.1 Å². The van der Waals surface area contributed by atoms with Crippen LogP contribution in [-0.4, -0.2) is 36.5 Å². The predicted molar refractivity (Wildman–Crippen MR) is 78.1 cm³/mol. The molecule has 0 aromatic heterocycles. The topological polar surface area (TPSA) is 58.4 Å². The zero-order chi connectivity index (χ0) is 13.7. The van der Waals surface area contributed by atoms with Gasteiger partial charge in [-0.15, -0.1) is 0 Å². The Bertz CT molecular complexity index is 416. The summed E-state index contributed by atoms with van der Waals surface area (Å²) in [6.45, 7) is 5.05. The first-order valence-corrected chi connectivity index (χ1v) is 7.04. The van der Waals surface area contributed by atoms with Crippen LogP contribution in [0, 0.1) is 0 Å². The van der Waals surface area contributed by atoms with E-state index in [1.165, 1.54) is 19.3 Å². The van der Waals surface area contributed by atoms with E-state index >= 15 is 0 Å². The first-order chi connectivity index (χ1) is 9.16. The highest BCUT2D eigenvalue weighted by Crippen LogP contribution is 2.15. The number of carbonyl (C=O) groups excluding carboxylic acids is 1. The van der Waals surface area contributed by atoms with Crippen molar-refractivity contribution in [1.82, 2.24) is 10.2 Å². The van der Waals surface area contributed by atoms with Crippen LogP contribution in [0.1, 0.15) is 36.5 Å². The maximum Gasteiger partial charge on any atom is 0.251 e. The number of carbonyl (C=O) groups is 1. The standard InChI is InChI=1S/C15H23N3O/c1-12-4-2-3-10-18(12)11-9-17-15(19)13-5-7-14(16)8-6-13/h5-8,12H,2-4,9-11,16H2,1H3,(H,17,19). The van der Waals surface area contributed by atoms with Gasteiger partial charge in [0.25, 0.3) is 5.91 Å². The third kappa shape index (κ3) is 3.96. The van der Waals surface area contributed by atoms with Crippen molar-refractivity contribution in [3.05, 3.63) is 29.8 Å². The number of benzene rings is 1. The van der Waals surface area contributed by atoms with Crippen molar-refractivity contribution in [2.45, 2.75) is 32.2 Å². The van der Waals surface area contributed by atoms with Crippen molar-refractivity contribution in [3.63, 3.8) is 0 Å². The third-order valence-electron chi connectivity index (χ3n) is 3.80. The van der Waals surface area contributed by atoms with Crippen LogP contribution in [0.15, 0.2) is 24.3 Å². The molecule has 19 heavy (non-hydrogen) atoms. The van der Waals surface area contributed by atoms with Crippen molar-refractivity contribution < 1.29 is 4.79 Å². The zero-order valence-corrected chi connectivity index (χ0v) is 11.6. The quantitative estimate of drug-likeness (QED) is 0.814. The van der Waals surface area contributed by atoms with E-state index in [1.54, 1.807) is 24.3 Å². The van der Waals surface area contributed by atoms with E-state index in [1.807, 2.05) is 0 Å². The van der Waals surface area contributed by atoms with Crippen LogP contribution >= 0.6 is 0 Å². The Labute approximate surface area is 115 Å². The zero-order valence-electron chi connectivity index (χ0n) is 11.6. The number of hydrogen-bond acceptors (Lipinski definition) is 3. The average molecular weight is 261 g/mol. The van der Waals surface area contributed by atoms with Gasteiger partial charge in [-0.1, -0.05) is 6.42 Å². The van der Waals surface area contributed by atoms with Gasteiger partial charge in [0.15, 0.2) is 0 Å². The minimum absolute atomic E-state index is 0.0235. The Kier molecular flexibility index (Phi) is 4.80. The van der Waals surface area contributed by atoms with Gasteiger partial charge in [-0.25, -0.2) is 0 Å². The maximum absolute atomic E-state index is 11.9. The molecule has 1 aromatic rings. The fourth-order valence-electron chi connectivity index (χ4n) is 2.54. The number of likely N-dealkylation sites (tertiary alicyclic amines) is 1. The van der Waals surface area contributed by atoms with Crippen LogP contribution in [0.2, 0.25) is 0 Å². The molecule has 0 bridgehead atoms. The normalized spacial score (nSPS) is 20.2. The van der Waals surface area contributed by atoms with Crippen molar-refractivity contribution in [3.8, 4) is 0 Å². The van der Waals surface area contributed by atoms with Gasteiger partial charge in [-0.2, -0.15) is 0 Å². The molecule has 1 amide bonds. The molecule has 2 rings (SSSR count). The molecule has 4 nitrogen and oxygen atoms in total. The molecule has 1 heterocycles. The van der Waals surface area contributed by atoms with Crippen molar-refractivity contribution in [2.24, 2.45) is 0 Å². The van der Waals surface area contributed by atoms with Gasteiger partial charge in [0.1, 0.15) is 0 Å². The SMILES string of the molecule is CC1CCCCN1CCNC(=O)c1ccc(N)cc1. The van der Waals surface area contributed by atoms with E-state index in [4.69, 9.17) is 5.73 Å². The summed E-state index contributed by atoms with van der Waals surface area (Å²) >= 11 is 0. The number of rotatable bonds is 4. The summed E-state index contributed by atoms with van der Waals surface area (Å²) in [5.74, 6) is -0.0235. The fourth-order valence-corrected chi connectivity index (χ4v) is 2.54. The summed E-state index contributed by atoms with van der Waals surface area (Å²) in [4.78, 5) is 14.4. The summed E-state index contributed by atoms with van der Waals surface area (Å²) in [6.07, 6.45) is 3.87. The first-order valence-electron chi connectivity index (χ1n) is 7.04. The van der Waals surface area contributed by atoms with Crippen LogP contribution in [0.25, 0.3) is 0 Å². The monoisotopic (exact) mass is 261 g/mol. The number of amides is 1. The molecular weight excluding hydrogens is 238 g/mol. The molecule has 1 saturated heterocycles. The van der Waals surface area contributed by atoms with Crippen molar-refractivity contribution in [2.75, 3.05) is 25.4 Å². The highest BCUT2D eigenvalue weighted by atomic mass is 16.1. The Morgan fingerprint density at radius 2 is 2.11 bits per heavy atom. The summed E-state index contributed by atoms with van der Waals surface area (Å²) in [5, 5.41) is 2.96. The van der Waals surface area contributed by atoms with E-state index in [0.29, 0.717) is 23.8 Å². The minimum atomic E-state index is -0.0235. The molecular formula is C15H23N3O. The third-order valence-corrected chi connectivity index (χ3v) is 3.80. The van der Waals surface area contributed by atoms with Gasteiger partial charge < -0.3 is 11.1 Å². The molecule has 0 radical (unpaired) electrons. The van der Waals surface area contributed by atoms with E-state index in [-0.39, 0.29) is 5.91 Å². The molecule has 1 fully saturated rings. The molecule has 104 valence electrons. The van der Waals surface area contributed by atoms with Gasteiger partial charge in [-0.05, 0) is 50.6 Å². The molecule has 0 saturated carbocycles. The second kappa shape index (κ2) is 6.57. The summed E-state index contributed by atoms with van der Waals surface area (Å²) in [7, 11) is 0. The van der Waals surface area contributed by atoms with Crippen LogP contribution < -0.4 is 11.1 Å². The van der Waals surface area contributed by atoms with E-state index in [0.717, 1.165) is 13.1 Å². The minimum Gasteiger partial charge on any atom is -0.399 e. The highest BCUT2D eigenvalue weighted by molar-refractivity contribution is 5.94. The summed E-state index contributed by atoms with van der Waals surface area (Å²) < 4.78 is 0. The Morgan fingerprint density at radius 3 is 2.79 bits per heavy atom. The fraction of sp³-hybridized carbons (Fsp3) is 0.533. The lowest BCUT2D eigenvalue weighted by Crippen LogP contribution is -2.42. The second-order valence-electron chi connectivity index (χ2n) is 5.26. The van der Waals surface area contributed by atoms with Gasteiger partial charge in [-0.3, -0.25) is 9.69 Å². The lowest BCUT2D eigenvalue weighted by atomic mass is 10.0. The number of nitrogens with two attached hydrogens (primary N) is 1. The smallest absolute Gasteiger partial charge is 0.251 e. The van der Waals surface area contributed by atoms with Crippen LogP contribution in [0.4, 0.5) is 5.69 Å². The molecule has 1 unspecified atom stereocenters. The Morgan fingerprint density at radius 1 is 1.37 bits per heavy atom. The van der Waals surface area contributed by atoms with Crippen LogP contribution in [0.5, 0.6) is 0 Å². The molecule has 1 aliphatic rings. The second-order valence-corrected chi connectivity index (χ2v) is 5.26. The van der Waals surface area contributed by atoms with Gasteiger partial charge >= 0.3 is 0 Å². The van der Waals surface area contributed by atoms with Crippen LogP contribution in [0.3, 0.4) is 0 Å². The number of piperidine rings is 1. The lowest BCUT2D eigenvalue weighted by molar-refractivity contribution is 0.0938. The number of nitrogen functional groups attached to an aromatic ring is 1. The molecule has 4 heteroatoms. The molecule has 1 atom stereocenters. The maximum atomic E-state index is 11.9. The molecule has 1 aliphatic heterocycles. The van der Waals surface area contributed by atoms with Crippen molar-refractivity contribution >= 4 is 11.6 Å². The summed E-state index contributed by atoms with van der Waals surface area (Å²) in [6, 6.07) is 7.66. The first kappa shape index (κ1) is 13.9. The lowest BCUT2D eigenvalue weighted by Gasteiger charge is -2.33. The molecule has 3 N–H and O–H groups in total. The molecule has 0 aliphatic carbocycles. The molecule has 0 spiro atoms. The number of nitrogens with zero attached hydrogens (tertiary/aromatic N) is 1. The number of anilines is 1. The Balaban J connectivity index is 1.76. The highest BCUT2D eigenvalue weighted by Gasteiger charge is 2.17. The van der Waals surface area contributed by atoms with Gasteiger partial charge in [0.2, 0.25) is 0 Å². The number of nitrogens with one attached hydrogen (secondary N) is 1. The summed E-state index contributed by atoms with van der Waals surface area (Å²) in [5.41, 5.74) is 6.95.